The Morgan fingerprint density at radius 2 is 1.65 bits per heavy atom. The van der Waals surface area contributed by atoms with Crippen LogP contribution in [-0.4, -0.2) is 39.2 Å². The quantitative estimate of drug-likeness (QED) is 0.773. The average Bonchev–Trinajstić information content (AvgIpc) is 2.66. The van der Waals surface area contributed by atoms with E-state index in [0.29, 0.717) is 12.1 Å². The Bertz CT molecular complexity index is 739. The molecule has 2 aromatic rings. The number of nitrogens with one attached hydrogen (secondary N) is 1. The van der Waals surface area contributed by atoms with E-state index in [0.717, 1.165) is 17.0 Å². The second-order valence-electron chi connectivity index (χ2n) is 6.05. The van der Waals surface area contributed by atoms with Crippen molar-refractivity contribution in [2.75, 3.05) is 26.1 Å². The van der Waals surface area contributed by atoms with Crippen molar-refractivity contribution < 1.29 is 19.1 Å². The number of carbonyl (C=O) groups is 2. The van der Waals surface area contributed by atoms with Crippen molar-refractivity contribution in [2.24, 2.45) is 0 Å². The molecule has 2 rings (SSSR count). The molecule has 0 aliphatic heterocycles. The zero-order chi connectivity index (χ0) is 19.1. The average molecular weight is 356 g/mol. The van der Waals surface area contributed by atoms with Gasteiger partial charge in [0.2, 0.25) is 0 Å². The van der Waals surface area contributed by atoms with Crippen LogP contribution in [-0.2, 0) is 16.1 Å². The van der Waals surface area contributed by atoms with Crippen LogP contribution in [0.1, 0.15) is 22.8 Å². The number of ether oxygens (including phenoxy) is 2. The molecule has 6 heteroatoms. The number of rotatable bonds is 7. The Kier molecular flexibility index (Phi) is 6.60. The van der Waals surface area contributed by atoms with Crippen LogP contribution in [0.2, 0.25) is 0 Å². The maximum absolute atomic E-state index is 12.2. The van der Waals surface area contributed by atoms with E-state index in [2.05, 4.69) is 5.32 Å². The van der Waals surface area contributed by atoms with Crippen LogP contribution < -0.4 is 15.0 Å². The molecule has 0 unspecified atom stereocenters. The van der Waals surface area contributed by atoms with Gasteiger partial charge in [0.05, 0.1) is 12.7 Å². The molecule has 0 spiro atoms. The highest BCUT2D eigenvalue weighted by molar-refractivity contribution is 5.92. The third kappa shape index (κ3) is 5.24. The molecular formula is C20H24N2O4. The summed E-state index contributed by atoms with van der Waals surface area (Å²) in [6.45, 7) is 1.90. The predicted octanol–water partition coefficient (Wildman–Crippen LogP) is 2.62. The molecule has 0 fully saturated rings. The lowest BCUT2D eigenvalue weighted by Gasteiger charge is -2.15. The lowest BCUT2D eigenvalue weighted by atomic mass is 10.2. The van der Waals surface area contributed by atoms with Gasteiger partial charge in [-0.2, -0.15) is 0 Å². The Hall–Kier alpha value is -3.02. The van der Waals surface area contributed by atoms with Crippen LogP contribution in [0.5, 0.6) is 5.75 Å². The molecule has 138 valence electrons. The van der Waals surface area contributed by atoms with Gasteiger partial charge in [-0.05, 0) is 48.9 Å². The number of esters is 1. The highest BCUT2D eigenvalue weighted by atomic mass is 16.5. The van der Waals surface area contributed by atoms with Crippen molar-refractivity contribution in [1.29, 1.82) is 0 Å². The molecule has 1 amide bonds. The molecular weight excluding hydrogens is 332 g/mol. The second-order valence-corrected chi connectivity index (χ2v) is 6.05. The molecule has 0 aliphatic carbocycles. The van der Waals surface area contributed by atoms with Crippen LogP contribution in [0.3, 0.4) is 0 Å². The summed E-state index contributed by atoms with van der Waals surface area (Å²) in [6, 6.07) is 14.4. The largest absolute Gasteiger partial charge is 0.497 e. The van der Waals surface area contributed by atoms with Crippen molar-refractivity contribution in [1.82, 2.24) is 5.32 Å². The minimum atomic E-state index is -0.880. The van der Waals surface area contributed by atoms with E-state index < -0.39 is 12.1 Å². The fourth-order valence-electron chi connectivity index (χ4n) is 2.25. The summed E-state index contributed by atoms with van der Waals surface area (Å²) in [6.07, 6.45) is -0.880. The first-order valence-electron chi connectivity index (χ1n) is 8.29. The first kappa shape index (κ1) is 19.3. The molecule has 1 atom stereocenters. The minimum Gasteiger partial charge on any atom is -0.497 e. The first-order chi connectivity index (χ1) is 12.4. The standard InChI is InChI=1S/C20H24N2O4/c1-14(19(23)21-13-15-5-11-18(25-4)12-6-15)26-20(24)16-7-9-17(10-8-16)22(2)3/h5-12,14H,13H2,1-4H3,(H,21,23)/t14-/m1/s1. The molecule has 0 saturated heterocycles. The number of methoxy groups -OCH3 is 1. The van der Waals surface area contributed by atoms with Crippen molar-refractivity contribution >= 4 is 17.6 Å². The van der Waals surface area contributed by atoms with Gasteiger partial charge in [-0.1, -0.05) is 12.1 Å². The maximum atomic E-state index is 12.2. The predicted molar refractivity (Wildman–Crippen MR) is 100 cm³/mol. The lowest BCUT2D eigenvalue weighted by Crippen LogP contribution is -2.35. The first-order valence-corrected chi connectivity index (χ1v) is 8.29. The van der Waals surface area contributed by atoms with Crippen molar-refractivity contribution in [2.45, 2.75) is 19.6 Å². The summed E-state index contributed by atoms with van der Waals surface area (Å²) in [7, 11) is 5.44. The Balaban J connectivity index is 1.86. The molecule has 0 bridgehead atoms. The van der Waals surface area contributed by atoms with Gasteiger partial charge in [-0.3, -0.25) is 4.79 Å². The van der Waals surface area contributed by atoms with Gasteiger partial charge in [0.25, 0.3) is 5.91 Å². The number of benzene rings is 2. The van der Waals surface area contributed by atoms with Gasteiger partial charge in [-0.15, -0.1) is 0 Å². The van der Waals surface area contributed by atoms with E-state index in [1.54, 1.807) is 26.2 Å². The van der Waals surface area contributed by atoms with E-state index in [1.165, 1.54) is 0 Å². The number of amides is 1. The van der Waals surface area contributed by atoms with Crippen LogP contribution in [0.4, 0.5) is 5.69 Å². The Labute approximate surface area is 153 Å². The fourth-order valence-corrected chi connectivity index (χ4v) is 2.25. The molecule has 0 radical (unpaired) electrons. The summed E-state index contributed by atoms with van der Waals surface area (Å²) in [5.74, 6) is -0.121. The van der Waals surface area contributed by atoms with Gasteiger partial charge >= 0.3 is 5.97 Å². The van der Waals surface area contributed by atoms with Crippen molar-refractivity contribution in [3.8, 4) is 5.75 Å². The van der Waals surface area contributed by atoms with Gasteiger partial charge in [0.1, 0.15) is 5.75 Å². The van der Waals surface area contributed by atoms with E-state index >= 15 is 0 Å². The van der Waals surface area contributed by atoms with Gasteiger partial charge in [0.15, 0.2) is 6.10 Å². The van der Waals surface area contributed by atoms with Gasteiger partial charge < -0.3 is 19.7 Å². The molecule has 6 nitrogen and oxygen atoms in total. The summed E-state index contributed by atoms with van der Waals surface area (Å²) >= 11 is 0. The summed E-state index contributed by atoms with van der Waals surface area (Å²) in [5, 5.41) is 2.75. The van der Waals surface area contributed by atoms with Gasteiger partial charge in [-0.25, -0.2) is 4.79 Å². The van der Waals surface area contributed by atoms with Crippen LogP contribution >= 0.6 is 0 Å². The fraction of sp³-hybridized carbons (Fsp3) is 0.300. The van der Waals surface area contributed by atoms with Gasteiger partial charge in [0, 0.05) is 26.3 Å². The summed E-state index contributed by atoms with van der Waals surface area (Å²) in [5.41, 5.74) is 2.31. The zero-order valence-electron chi connectivity index (χ0n) is 15.5. The molecule has 1 N–H and O–H groups in total. The maximum Gasteiger partial charge on any atom is 0.338 e. The van der Waals surface area contributed by atoms with Crippen LogP contribution in [0.15, 0.2) is 48.5 Å². The third-order valence-electron chi connectivity index (χ3n) is 3.90. The van der Waals surface area contributed by atoms with Crippen LogP contribution in [0.25, 0.3) is 0 Å². The molecule has 2 aromatic carbocycles. The SMILES string of the molecule is COc1ccc(CNC(=O)[C@@H](C)OC(=O)c2ccc(N(C)C)cc2)cc1. The number of nitrogens with zero attached hydrogens (tertiary/aromatic N) is 1. The lowest BCUT2D eigenvalue weighted by molar-refractivity contribution is -0.129. The molecule has 0 aliphatic rings. The second kappa shape index (κ2) is 8.89. The highest BCUT2D eigenvalue weighted by Crippen LogP contribution is 2.14. The van der Waals surface area contributed by atoms with Crippen molar-refractivity contribution in [3.05, 3.63) is 59.7 Å². The summed E-state index contributed by atoms with van der Waals surface area (Å²) < 4.78 is 10.3. The molecule has 0 aromatic heterocycles. The number of hydrogen-bond acceptors (Lipinski definition) is 5. The van der Waals surface area contributed by atoms with E-state index in [1.807, 2.05) is 55.4 Å². The topological polar surface area (TPSA) is 67.9 Å². The monoisotopic (exact) mass is 356 g/mol. The molecule has 0 saturated carbocycles. The number of hydrogen-bond donors (Lipinski definition) is 1. The normalized spacial score (nSPS) is 11.4. The van der Waals surface area contributed by atoms with E-state index in [9.17, 15) is 9.59 Å². The van der Waals surface area contributed by atoms with E-state index in [-0.39, 0.29) is 5.91 Å². The highest BCUT2D eigenvalue weighted by Gasteiger charge is 2.18. The smallest absolute Gasteiger partial charge is 0.338 e. The Morgan fingerprint density at radius 3 is 2.19 bits per heavy atom. The third-order valence-corrected chi connectivity index (χ3v) is 3.90. The number of anilines is 1. The minimum absolute atomic E-state index is 0.348. The summed E-state index contributed by atoms with van der Waals surface area (Å²) in [4.78, 5) is 26.2. The molecule has 26 heavy (non-hydrogen) atoms. The van der Waals surface area contributed by atoms with Crippen LogP contribution in [0, 0.1) is 0 Å². The van der Waals surface area contributed by atoms with Crippen molar-refractivity contribution in [3.63, 3.8) is 0 Å². The zero-order valence-corrected chi connectivity index (χ0v) is 15.5. The Morgan fingerprint density at radius 1 is 1.04 bits per heavy atom. The van der Waals surface area contributed by atoms with E-state index in [4.69, 9.17) is 9.47 Å². The number of carbonyl (C=O) groups excluding carboxylic acids is 2. The molecule has 0 heterocycles.